The van der Waals surface area contributed by atoms with Gasteiger partial charge in [-0.15, -0.1) is 0 Å². The van der Waals surface area contributed by atoms with E-state index in [9.17, 15) is 13.2 Å². The van der Waals surface area contributed by atoms with E-state index in [1.165, 1.54) is 18.2 Å². The van der Waals surface area contributed by atoms with Gasteiger partial charge in [-0.2, -0.15) is 13.2 Å². The first-order valence-electron chi connectivity index (χ1n) is 5.20. The summed E-state index contributed by atoms with van der Waals surface area (Å²) in [5, 5.41) is 0.237. The van der Waals surface area contributed by atoms with Crippen LogP contribution < -0.4 is 0 Å². The van der Waals surface area contributed by atoms with Crippen molar-refractivity contribution in [2.45, 2.75) is 31.9 Å². The Balaban J connectivity index is 3.14. The number of hydrogen-bond acceptors (Lipinski definition) is 1. The van der Waals surface area contributed by atoms with E-state index in [1.807, 2.05) is 0 Å². The first-order chi connectivity index (χ1) is 8.00. The van der Waals surface area contributed by atoms with Crippen molar-refractivity contribution in [1.82, 2.24) is 0 Å². The summed E-state index contributed by atoms with van der Waals surface area (Å²) in [5.41, 5.74) is 0.0260. The second-order valence-electron chi connectivity index (χ2n) is 4.83. The van der Waals surface area contributed by atoms with Crippen LogP contribution in [-0.2, 0) is 4.43 Å². The van der Waals surface area contributed by atoms with Gasteiger partial charge >= 0.3 is 6.18 Å². The summed E-state index contributed by atoms with van der Waals surface area (Å²) in [4.78, 5) is 0. The van der Waals surface area contributed by atoms with Crippen LogP contribution in [0.2, 0.25) is 24.7 Å². The Bertz CT molecular complexity index is 431. The van der Waals surface area contributed by atoms with Crippen LogP contribution in [0.15, 0.2) is 22.7 Å². The number of hydrogen-bond donors (Lipinski definition) is 0. The zero-order chi connectivity index (χ0) is 14.1. The third-order valence-corrected chi connectivity index (χ3v) is 4.19. The Kier molecular flexibility index (Phi) is 4.91. The highest BCUT2D eigenvalue weighted by molar-refractivity contribution is 9.10. The second kappa shape index (κ2) is 5.52. The molecule has 0 aliphatic heterocycles. The summed E-state index contributed by atoms with van der Waals surface area (Å²) in [6.07, 6.45) is -6.37. The van der Waals surface area contributed by atoms with Gasteiger partial charge in [0.2, 0.25) is 0 Å². The zero-order valence-corrected chi connectivity index (χ0v) is 13.4. The minimum Gasteiger partial charge on any atom is -0.403 e. The Labute approximate surface area is 119 Å². The summed E-state index contributed by atoms with van der Waals surface area (Å²) in [7, 11) is -2.32. The topological polar surface area (TPSA) is 9.23 Å². The third kappa shape index (κ3) is 4.57. The van der Waals surface area contributed by atoms with Crippen LogP contribution in [0.4, 0.5) is 13.2 Å². The molecule has 0 aliphatic rings. The molecule has 0 spiro atoms. The molecule has 0 amide bonds. The molecule has 1 rings (SSSR count). The first-order valence-corrected chi connectivity index (χ1v) is 9.78. The van der Waals surface area contributed by atoms with Crippen LogP contribution in [-0.4, -0.2) is 14.5 Å². The van der Waals surface area contributed by atoms with Gasteiger partial charge in [0, 0.05) is 4.47 Å². The maximum atomic E-state index is 13.0. The Hall–Kier alpha value is -0.0431. The van der Waals surface area contributed by atoms with Crippen LogP contribution >= 0.6 is 27.5 Å². The van der Waals surface area contributed by atoms with Gasteiger partial charge in [0.25, 0.3) is 0 Å². The van der Waals surface area contributed by atoms with Crippen molar-refractivity contribution in [1.29, 1.82) is 0 Å². The summed E-state index contributed by atoms with van der Waals surface area (Å²) in [5.74, 6) is 0. The first kappa shape index (κ1) is 16.0. The van der Waals surface area contributed by atoms with Gasteiger partial charge in [-0.3, -0.25) is 0 Å². The molecule has 18 heavy (non-hydrogen) atoms. The maximum Gasteiger partial charge on any atom is 0.417 e. The van der Waals surface area contributed by atoms with Gasteiger partial charge in [-0.1, -0.05) is 17.7 Å². The van der Waals surface area contributed by atoms with E-state index >= 15 is 0 Å². The van der Waals surface area contributed by atoms with Crippen molar-refractivity contribution in [3.63, 3.8) is 0 Å². The molecule has 1 aromatic rings. The fourth-order valence-electron chi connectivity index (χ4n) is 1.35. The zero-order valence-electron chi connectivity index (χ0n) is 10.1. The Morgan fingerprint density at radius 1 is 1.28 bits per heavy atom. The van der Waals surface area contributed by atoms with Gasteiger partial charge in [0.05, 0.1) is 5.02 Å². The third-order valence-electron chi connectivity index (χ3n) is 2.02. The van der Waals surface area contributed by atoms with E-state index in [-0.39, 0.29) is 10.6 Å². The van der Waals surface area contributed by atoms with Crippen LogP contribution in [0, 0.1) is 0 Å². The summed E-state index contributed by atoms with van der Waals surface area (Å²) in [6, 6.07) is 4.14. The van der Waals surface area contributed by atoms with E-state index in [0.717, 1.165) is 0 Å². The van der Waals surface area contributed by atoms with Crippen LogP contribution in [0.25, 0.3) is 0 Å². The van der Waals surface area contributed by atoms with Crippen LogP contribution in [0.1, 0.15) is 11.7 Å². The largest absolute Gasteiger partial charge is 0.417 e. The Morgan fingerprint density at radius 2 is 1.83 bits per heavy atom. The van der Waals surface area contributed by atoms with Gasteiger partial charge < -0.3 is 4.43 Å². The molecule has 0 heterocycles. The molecule has 7 heteroatoms. The van der Waals surface area contributed by atoms with Gasteiger partial charge in [-0.05, 0) is 53.3 Å². The molecule has 1 unspecified atom stereocenters. The number of halogens is 5. The highest BCUT2D eigenvalue weighted by Crippen LogP contribution is 2.39. The fourth-order valence-corrected chi connectivity index (χ4v) is 2.77. The van der Waals surface area contributed by atoms with Gasteiger partial charge in [-0.25, -0.2) is 0 Å². The van der Waals surface area contributed by atoms with Crippen molar-refractivity contribution in [2.24, 2.45) is 0 Å². The van der Waals surface area contributed by atoms with E-state index in [2.05, 4.69) is 15.9 Å². The molecular weight excluding hydrogens is 349 g/mol. The SMILES string of the molecule is C[Si](C)(C)OC(c1ccc(Br)c(Cl)c1)C(F)(F)F. The molecule has 1 aromatic carbocycles. The summed E-state index contributed by atoms with van der Waals surface area (Å²) >= 11 is 8.97. The monoisotopic (exact) mass is 360 g/mol. The van der Waals surface area contributed by atoms with Crippen molar-refractivity contribution in [3.8, 4) is 0 Å². The molecule has 0 N–H and O–H groups in total. The maximum absolute atomic E-state index is 13.0. The highest BCUT2D eigenvalue weighted by atomic mass is 79.9. The summed E-state index contributed by atoms with van der Waals surface area (Å²) in [6.45, 7) is 5.14. The molecule has 1 atom stereocenters. The standard InChI is InChI=1S/C11H13BrClF3OSi/c1-18(2,3)17-10(11(14,15)16)7-4-5-8(12)9(13)6-7/h4-6,10H,1-3H3. The lowest BCUT2D eigenvalue weighted by atomic mass is 10.1. The molecule has 0 bridgehead atoms. The van der Waals surface area contributed by atoms with E-state index < -0.39 is 20.6 Å². The van der Waals surface area contributed by atoms with E-state index in [0.29, 0.717) is 4.47 Å². The van der Waals surface area contributed by atoms with Crippen LogP contribution in [0.5, 0.6) is 0 Å². The predicted octanol–water partition coefficient (Wildman–Crippen LogP) is 5.56. The number of rotatable bonds is 3. The molecule has 0 fully saturated rings. The number of alkyl halides is 3. The molecule has 102 valence electrons. The second-order valence-corrected chi connectivity index (χ2v) is 10.5. The van der Waals surface area contributed by atoms with E-state index in [1.54, 1.807) is 19.6 Å². The predicted molar refractivity (Wildman–Crippen MR) is 72.4 cm³/mol. The lowest BCUT2D eigenvalue weighted by Crippen LogP contribution is -2.35. The number of benzene rings is 1. The van der Waals surface area contributed by atoms with Gasteiger partial charge in [0.15, 0.2) is 14.4 Å². The smallest absolute Gasteiger partial charge is 0.403 e. The van der Waals surface area contributed by atoms with Crippen molar-refractivity contribution < 1.29 is 17.6 Å². The Morgan fingerprint density at radius 3 is 2.22 bits per heavy atom. The highest BCUT2D eigenvalue weighted by Gasteiger charge is 2.44. The quantitative estimate of drug-likeness (QED) is 0.641. The molecular formula is C11H13BrClF3OSi. The average molecular weight is 362 g/mol. The molecule has 1 nitrogen and oxygen atoms in total. The van der Waals surface area contributed by atoms with Crippen LogP contribution in [0.3, 0.4) is 0 Å². The minimum atomic E-state index is -4.45. The minimum absolute atomic E-state index is 0.0260. The lowest BCUT2D eigenvalue weighted by molar-refractivity contribution is -0.200. The van der Waals surface area contributed by atoms with Crippen molar-refractivity contribution in [2.75, 3.05) is 0 Å². The molecule has 0 radical (unpaired) electrons. The molecule has 0 aliphatic carbocycles. The normalized spacial score (nSPS) is 14.7. The summed E-state index contributed by atoms with van der Waals surface area (Å²) < 4.78 is 44.8. The lowest BCUT2D eigenvalue weighted by Gasteiger charge is -2.28. The van der Waals surface area contributed by atoms with E-state index in [4.69, 9.17) is 16.0 Å². The van der Waals surface area contributed by atoms with Crippen molar-refractivity contribution >= 4 is 35.8 Å². The molecule has 0 saturated carbocycles. The van der Waals surface area contributed by atoms with Gasteiger partial charge in [0.1, 0.15) is 0 Å². The molecule has 0 aromatic heterocycles. The average Bonchev–Trinajstić information content (AvgIpc) is 2.16. The molecule has 0 saturated heterocycles. The fraction of sp³-hybridized carbons (Fsp3) is 0.455. The van der Waals surface area contributed by atoms with Crippen molar-refractivity contribution in [3.05, 3.63) is 33.3 Å².